The second kappa shape index (κ2) is 11.5. The molecule has 232 valence electrons. The second-order valence-corrected chi connectivity index (χ2v) is 14.3. The van der Waals surface area contributed by atoms with Gasteiger partial charge in [0.15, 0.2) is 0 Å². The Morgan fingerprint density at radius 2 is 1.48 bits per heavy atom. The number of anilines is 1. The first kappa shape index (κ1) is 33.3. The topological polar surface area (TPSA) is 67.9 Å². The van der Waals surface area contributed by atoms with E-state index in [1.54, 1.807) is 0 Å². The number of alkyl carbamates (subject to hydrolysis) is 1. The number of fused-ring (bicyclic) bond motifs is 1. The molecule has 2 atom stereocenters. The van der Waals surface area contributed by atoms with E-state index in [4.69, 9.17) is 9.47 Å². The Labute approximate surface area is 248 Å². The van der Waals surface area contributed by atoms with E-state index in [1.165, 1.54) is 11.0 Å². The van der Waals surface area contributed by atoms with Crippen molar-refractivity contribution in [2.45, 2.75) is 106 Å². The van der Waals surface area contributed by atoms with Crippen molar-refractivity contribution >= 4 is 17.9 Å². The molecule has 0 saturated carbocycles. The van der Waals surface area contributed by atoms with Crippen molar-refractivity contribution in [3.05, 3.63) is 65.2 Å². The lowest BCUT2D eigenvalue weighted by atomic mass is 9.62. The van der Waals surface area contributed by atoms with E-state index < -0.39 is 52.4 Å². The smallest absolute Gasteiger partial charge is 0.416 e. The fraction of sp³-hybridized carbons (Fsp3) is 0.576. The zero-order valence-corrected chi connectivity index (χ0v) is 26.4. The standard InChI is InChI=1S/C33H45F3N2O4/c1-29(2,3)31(7,8)26-19-24(37-27(39)41-20-21-14-12-11-13-15-21)23-18-22(33(34,35)36)16-17-25(23)38(26)28(40)42-32(9,10)30(4,5)6/h11-18,24,26H,19-20H2,1-10H3,(H,37,39)/t24-,26-/m0/s1. The van der Waals surface area contributed by atoms with Gasteiger partial charge in [-0.3, -0.25) is 4.90 Å². The van der Waals surface area contributed by atoms with Gasteiger partial charge in [0, 0.05) is 11.5 Å². The molecule has 0 unspecified atom stereocenters. The van der Waals surface area contributed by atoms with Crippen molar-refractivity contribution in [3.63, 3.8) is 0 Å². The van der Waals surface area contributed by atoms with Gasteiger partial charge < -0.3 is 14.8 Å². The molecule has 6 nitrogen and oxygen atoms in total. The van der Waals surface area contributed by atoms with Crippen molar-refractivity contribution in [3.8, 4) is 0 Å². The Kier molecular flexibility index (Phi) is 9.07. The first-order valence-electron chi connectivity index (χ1n) is 14.3. The van der Waals surface area contributed by atoms with Gasteiger partial charge in [0.05, 0.1) is 17.3 Å². The average molecular weight is 591 g/mol. The van der Waals surface area contributed by atoms with E-state index in [-0.39, 0.29) is 29.7 Å². The van der Waals surface area contributed by atoms with E-state index in [9.17, 15) is 22.8 Å². The first-order chi connectivity index (χ1) is 19.1. The van der Waals surface area contributed by atoms with E-state index in [0.717, 1.165) is 17.7 Å². The predicted molar refractivity (Wildman–Crippen MR) is 158 cm³/mol. The van der Waals surface area contributed by atoms with Crippen molar-refractivity contribution in [2.24, 2.45) is 16.2 Å². The fourth-order valence-corrected chi connectivity index (χ4v) is 4.66. The van der Waals surface area contributed by atoms with Crippen LogP contribution in [-0.2, 0) is 22.3 Å². The predicted octanol–water partition coefficient (Wildman–Crippen LogP) is 9.29. The summed E-state index contributed by atoms with van der Waals surface area (Å²) in [5, 5.41) is 2.80. The number of alkyl halides is 3. The molecule has 2 aromatic rings. The molecule has 2 amide bonds. The van der Waals surface area contributed by atoms with E-state index >= 15 is 0 Å². The first-order valence-corrected chi connectivity index (χ1v) is 14.3. The van der Waals surface area contributed by atoms with Crippen LogP contribution in [0.25, 0.3) is 0 Å². The molecule has 1 aliphatic rings. The summed E-state index contributed by atoms with van der Waals surface area (Å²) in [4.78, 5) is 28.5. The summed E-state index contributed by atoms with van der Waals surface area (Å²) in [7, 11) is 0. The quantitative estimate of drug-likeness (QED) is 0.377. The highest BCUT2D eigenvalue weighted by Crippen LogP contribution is 2.51. The lowest BCUT2D eigenvalue weighted by Crippen LogP contribution is -2.58. The van der Waals surface area contributed by atoms with Gasteiger partial charge in [-0.25, -0.2) is 9.59 Å². The summed E-state index contributed by atoms with van der Waals surface area (Å²) < 4.78 is 53.1. The van der Waals surface area contributed by atoms with Crippen molar-refractivity contribution in [1.82, 2.24) is 5.32 Å². The van der Waals surface area contributed by atoms with Crippen LogP contribution in [0.4, 0.5) is 28.4 Å². The molecule has 0 aliphatic carbocycles. The number of nitrogens with zero attached hydrogens (tertiary/aromatic N) is 1. The maximum Gasteiger partial charge on any atom is 0.416 e. The highest BCUT2D eigenvalue weighted by molar-refractivity contribution is 5.91. The summed E-state index contributed by atoms with van der Waals surface area (Å²) in [5.41, 5.74) is -1.86. The van der Waals surface area contributed by atoms with Gasteiger partial charge in [0.2, 0.25) is 0 Å². The molecule has 0 aromatic heterocycles. The number of hydrogen-bond donors (Lipinski definition) is 1. The molecule has 1 N–H and O–H groups in total. The number of rotatable bonds is 5. The largest absolute Gasteiger partial charge is 0.445 e. The van der Waals surface area contributed by atoms with Crippen molar-refractivity contribution in [1.29, 1.82) is 0 Å². The molecular weight excluding hydrogens is 545 g/mol. The molecule has 0 spiro atoms. The third-order valence-corrected chi connectivity index (χ3v) is 9.38. The number of benzene rings is 2. The minimum absolute atomic E-state index is 0.00604. The van der Waals surface area contributed by atoms with Gasteiger partial charge in [-0.05, 0) is 60.4 Å². The van der Waals surface area contributed by atoms with Crippen LogP contribution in [-0.4, -0.2) is 23.8 Å². The molecule has 42 heavy (non-hydrogen) atoms. The van der Waals surface area contributed by atoms with Crippen LogP contribution in [0.3, 0.4) is 0 Å². The monoisotopic (exact) mass is 590 g/mol. The van der Waals surface area contributed by atoms with E-state index in [2.05, 4.69) is 26.1 Å². The lowest BCUT2D eigenvalue weighted by molar-refractivity contribution is -0.137. The third kappa shape index (κ3) is 7.04. The summed E-state index contributed by atoms with van der Waals surface area (Å²) >= 11 is 0. The normalized spacial score (nSPS) is 18.3. The second-order valence-electron chi connectivity index (χ2n) is 14.3. The highest BCUT2D eigenvalue weighted by Gasteiger charge is 2.51. The summed E-state index contributed by atoms with van der Waals surface area (Å²) in [6.07, 6.45) is -5.87. The van der Waals surface area contributed by atoms with Gasteiger partial charge in [0.1, 0.15) is 12.2 Å². The van der Waals surface area contributed by atoms with E-state index in [1.807, 2.05) is 78.8 Å². The van der Waals surface area contributed by atoms with Gasteiger partial charge in [-0.1, -0.05) is 85.7 Å². The number of ether oxygens (including phenoxy) is 2. The molecule has 1 aliphatic heterocycles. The summed E-state index contributed by atoms with van der Waals surface area (Å²) in [6, 6.07) is 11.0. The number of halogens is 3. The number of carbonyl (C=O) groups excluding carboxylic acids is 2. The Morgan fingerprint density at radius 1 is 0.881 bits per heavy atom. The average Bonchev–Trinajstić information content (AvgIpc) is 2.85. The summed E-state index contributed by atoms with van der Waals surface area (Å²) in [5.74, 6) is 0. The van der Waals surface area contributed by atoms with Crippen LogP contribution in [0, 0.1) is 16.2 Å². The molecule has 3 rings (SSSR count). The third-order valence-electron chi connectivity index (χ3n) is 9.38. The molecular formula is C33H45F3N2O4. The van der Waals surface area contributed by atoms with Crippen molar-refractivity contribution < 1.29 is 32.2 Å². The molecule has 2 aromatic carbocycles. The minimum atomic E-state index is -4.62. The van der Waals surface area contributed by atoms with Gasteiger partial charge >= 0.3 is 18.4 Å². The zero-order valence-electron chi connectivity index (χ0n) is 26.4. The van der Waals surface area contributed by atoms with Crippen LogP contribution in [0.5, 0.6) is 0 Å². The Bertz CT molecular complexity index is 1270. The molecule has 0 radical (unpaired) electrons. The van der Waals surface area contributed by atoms with Crippen LogP contribution >= 0.6 is 0 Å². The fourth-order valence-electron chi connectivity index (χ4n) is 4.66. The van der Waals surface area contributed by atoms with Crippen molar-refractivity contribution in [2.75, 3.05) is 4.90 Å². The van der Waals surface area contributed by atoms with Crippen LogP contribution in [0.1, 0.15) is 98.4 Å². The highest BCUT2D eigenvalue weighted by atomic mass is 19.4. The Hall–Kier alpha value is -3.23. The Morgan fingerprint density at radius 3 is 2.00 bits per heavy atom. The zero-order chi connectivity index (χ0) is 31.9. The Balaban J connectivity index is 2.11. The number of amides is 2. The maximum atomic E-state index is 14.0. The summed E-state index contributed by atoms with van der Waals surface area (Å²) in [6.45, 7) is 19.7. The number of hydrogen-bond acceptors (Lipinski definition) is 4. The maximum absolute atomic E-state index is 14.0. The van der Waals surface area contributed by atoms with Crippen LogP contribution < -0.4 is 10.2 Å². The molecule has 9 heteroatoms. The molecule has 0 bridgehead atoms. The number of nitrogens with one attached hydrogen (secondary N) is 1. The molecule has 0 fully saturated rings. The lowest BCUT2D eigenvalue weighted by Gasteiger charge is -2.53. The molecule has 0 saturated heterocycles. The van der Waals surface area contributed by atoms with Crippen LogP contribution in [0.2, 0.25) is 0 Å². The number of carbonyl (C=O) groups is 2. The molecule has 1 heterocycles. The van der Waals surface area contributed by atoms with Crippen LogP contribution in [0.15, 0.2) is 48.5 Å². The van der Waals surface area contributed by atoms with Gasteiger partial charge in [-0.2, -0.15) is 13.2 Å². The van der Waals surface area contributed by atoms with E-state index in [0.29, 0.717) is 0 Å². The SMILES string of the molecule is CC(C)(C)C(C)(C)OC(=O)N1c2ccc(C(F)(F)F)cc2[C@@H](NC(=O)OCc2ccccc2)C[C@H]1C(C)(C)C(C)(C)C. The van der Waals surface area contributed by atoms with Gasteiger partial charge in [0.25, 0.3) is 0 Å². The van der Waals surface area contributed by atoms with Gasteiger partial charge in [-0.15, -0.1) is 0 Å². The minimum Gasteiger partial charge on any atom is -0.445 e.